The van der Waals surface area contributed by atoms with Gasteiger partial charge in [-0.15, -0.1) is 0 Å². The largest absolute Gasteiger partial charge is 0.507 e. The van der Waals surface area contributed by atoms with Crippen LogP contribution in [0.4, 0.5) is 5.69 Å². The average Bonchev–Trinajstić information content (AvgIpc) is 3.54. The Morgan fingerprint density at radius 1 is 0.623 bits per heavy atom. The van der Waals surface area contributed by atoms with Gasteiger partial charge in [0.15, 0.2) is 5.58 Å². The zero-order chi connectivity index (χ0) is 37.9. The van der Waals surface area contributed by atoms with Crippen molar-refractivity contribution in [2.75, 3.05) is 0 Å². The smallest absolute Gasteiger partial charge is 0.229 e. The maximum atomic E-state index is 11.6. The van der Waals surface area contributed by atoms with Crippen molar-refractivity contribution in [2.45, 2.75) is 85.5 Å². The Kier molecular flexibility index (Phi) is 8.93. The fourth-order valence-electron chi connectivity index (χ4n) is 6.85. The summed E-state index contributed by atoms with van der Waals surface area (Å²) in [5, 5.41) is 13.6. The number of nitrogens with zero attached hydrogens (tertiary/aromatic N) is 2. The molecule has 0 bridgehead atoms. The molecule has 1 heterocycles. The molecule has 53 heavy (non-hydrogen) atoms. The Labute approximate surface area is 314 Å². The molecule has 0 spiro atoms. The van der Waals surface area contributed by atoms with Gasteiger partial charge in [0.1, 0.15) is 11.3 Å². The van der Waals surface area contributed by atoms with E-state index in [1.165, 1.54) is 22.3 Å². The molecule has 0 atom stereocenters. The fraction of sp³-hybridized carbons (Fsp3) is 0.265. The van der Waals surface area contributed by atoms with Crippen molar-refractivity contribution < 1.29 is 9.52 Å². The molecule has 4 heteroatoms. The van der Waals surface area contributed by atoms with E-state index in [1.807, 2.05) is 18.2 Å². The number of aryl methyl sites for hydroxylation is 1. The van der Waals surface area contributed by atoms with Crippen LogP contribution in [-0.2, 0) is 16.2 Å². The van der Waals surface area contributed by atoms with Crippen LogP contribution >= 0.6 is 0 Å². The second kappa shape index (κ2) is 13.2. The third-order valence-corrected chi connectivity index (χ3v) is 10.2. The molecule has 268 valence electrons. The first-order valence-electron chi connectivity index (χ1n) is 18.5. The molecule has 1 N–H and O–H groups in total. The Morgan fingerprint density at radius 3 is 1.87 bits per heavy atom. The van der Waals surface area contributed by atoms with Crippen molar-refractivity contribution in [2.24, 2.45) is 4.99 Å². The monoisotopic (exact) mass is 698 g/mol. The second-order valence-corrected chi connectivity index (χ2v) is 17.5. The first-order chi connectivity index (χ1) is 25.0. The van der Waals surface area contributed by atoms with Gasteiger partial charge in [-0.05, 0) is 80.6 Å². The highest BCUT2D eigenvalue weighted by molar-refractivity contribution is 6.03. The van der Waals surface area contributed by atoms with Crippen molar-refractivity contribution in [1.29, 1.82) is 0 Å². The minimum Gasteiger partial charge on any atom is -0.507 e. The van der Waals surface area contributed by atoms with Crippen molar-refractivity contribution >= 4 is 33.8 Å². The number of aromatic hydroxyl groups is 1. The van der Waals surface area contributed by atoms with Crippen LogP contribution in [0.25, 0.3) is 55.6 Å². The van der Waals surface area contributed by atoms with E-state index in [-0.39, 0.29) is 22.0 Å². The molecule has 0 aliphatic carbocycles. The molecule has 4 nitrogen and oxygen atoms in total. The summed E-state index contributed by atoms with van der Waals surface area (Å²) in [5.41, 5.74) is 12.2. The molecule has 0 aliphatic heterocycles. The maximum absolute atomic E-state index is 11.6. The number of phenolic OH excluding ortho intramolecular Hbond substituents is 1. The lowest BCUT2D eigenvalue weighted by Crippen LogP contribution is -2.17. The molecule has 7 rings (SSSR count). The summed E-state index contributed by atoms with van der Waals surface area (Å²) >= 11 is 0. The summed E-state index contributed by atoms with van der Waals surface area (Å²) in [4.78, 5) is 10.4. The number of phenols is 1. The highest BCUT2D eigenvalue weighted by atomic mass is 16.3. The standard InChI is InChI=1S/C49H50N2O2/c1-30-15-17-31(18-16-30)32-19-21-34(22-20-32)40-26-37(48(5,6)7)28-42-44(40)51-46(53-42)39-24-23-33-13-11-12-14-38(33)43(39)50-29-35-25-36(47(2,3)4)27-41(45(35)52)49(8,9)10/h11-29,52H,1-10H3. The van der Waals surface area contributed by atoms with Crippen LogP contribution in [0.3, 0.4) is 0 Å². The Morgan fingerprint density at radius 2 is 1.23 bits per heavy atom. The molecule has 0 fully saturated rings. The van der Waals surface area contributed by atoms with Gasteiger partial charge < -0.3 is 9.52 Å². The predicted octanol–water partition coefficient (Wildman–Crippen LogP) is 13.6. The molecule has 0 unspecified atom stereocenters. The van der Waals surface area contributed by atoms with Gasteiger partial charge in [-0.1, -0.05) is 153 Å². The lowest BCUT2D eigenvalue weighted by molar-refractivity contribution is 0.444. The Balaban J connectivity index is 1.40. The van der Waals surface area contributed by atoms with Crippen LogP contribution in [0.15, 0.2) is 119 Å². The van der Waals surface area contributed by atoms with Crippen LogP contribution in [0.2, 0.25) is 0 Å². The van der Waals surface area contributed by atoms with E-state index >= 15 is 0 Å². The second-order valence-electron chi connectivity index (χ2n) is 17.5. The predicted molar refractivity (Wildman–Crippen MR) is 224 cm³/mol. The number of oxazole rings is 1. The molecule has 0 aliphatic rings. The van der Waals surface area contributed by atoms with Crippen LogP contribution < -0.4 is 0 Å². The summed E-state index contributed by atoms with van der Waals surface area (Å²) in [7, 11) is 0. The summed E-state index contributed by atoms with van der Waals surface area (Å²) in [6.45, 7) is 21.7. The molecule has 0 radical (unpaired) electrons. The molecule has 7 aromatic rings. The molecular weight excluding hydrogens is 649 g/mol. The van der Waals surface area contributed by atoms with Gasteiger partial charge in [-0.3, -0.25) is 4.99 Å². The van der Waals surface area contributed by atoms with Gasteiger partial charge in [0, 0.05) is 28.3 Å². The Hall–Kier alpha value is -5.48. The molecular formula is C49H50N2O2. The van der Waals surface area contributed by atoms with Gasteiger partial charge in [-0.2, -0.15) is 0 Å². The Bertz CT molecular complexity index is 2500. The van der Waals surface area contributed by atoms with E-state index in [4.69, 9.17) is 14.4 Å². The van der Waals surface area contributed by atoms with Crippen molar-refractivity contribution in [3.8, 4) is 39.5 Å². The lowest BCUT2D eigenvalue weighted by atomic mass is 9.79. The summed E-state index contributed by atoms with van der Waals surface area (Å²) < 4.78 is 6.71. The first-order valence-corrected chi connectivity index (χ1v) is 18.5. The van der Waals surface area contributed by atoms with E-state index in [0.29, 0.717) is 11.5 Å². The molecule has 6 aromatic carbocycles. The quantitative estimate of drug-likeness (QED) is 0.182. The zero-order valence-corrected chi connectivity index (χ0v) is 32.7. The normalized spacial score (nSPS) is 12.7. The van der Waals surface area contributed by atoms with Gasteiger partial charge in [0.05, 0.1) is 11.3 Å². The van der Waals surface area contributed by atoms with E-state index < -0.39 is 0 Å². The van der Waals surface area contributed by atoms with Crippen molar-refractivity contribution in [3.63, 3.8) is 0 Å². The number of benzene rings is 6. The van der Waals surface area contributed by atoms with Crippen LogP contribution in [0, 0.1) is 6.92 Å². The number of hydrogen-bond acceptors (Lipinski definition) is 4. The zero-order valence-electron chi connectivity index (χ0n) is 32.7. The van der Waals surface area contributed by atoms with Crippen molar-refractivity contribution in [1.82, 2.24) is 4.98 Å². The minimum absolute atomic E-state index is 0.106. The average molecular weight is 699 g/mol. The first kappa shape index (κ1) is 35.9. The molecule has 1 aromatic heterocycles. The van der Waals surface area contributed by atoms with Crippen LogP contribution in [-0.4, -0.2) is 16.3 Å². The van der Waals surface area contributed by atoms with Gasteiger partial charge in [0.25, 0.3) is 0 Å². The number of rotatable bonds is 5. The van der Waals surface area contributed by atoms with Crippen LogP contribution in [0.5, 0.6) is 5.75 Å². The van der Waals surface area contributed by atoms with Gasteiger partial charge >= 0.3 is 0 Å². The fourth-order valence-corrected chi connectivity index (χ4v) is 6.85. The van der Waals surface area contributed by atoms with Gasteiger partial charge in [0.2, 0.25) is 5.89 Å². The summed E-state index contributed by atoms with van der Waals surface area (Å²) in [5.74, 6) is 0.759. The van der Waals surface area contributed by atoms with Crippen LogP contribution in [0.1, 0.15) is 90.1 Å². The number of hydrogen-bond donors (Lipinski definition) is 1. The number of aliphatic imine (C=N–C) groups is 1. The van der Waals surface area contributed by atoms with Crippen molar-refractivity contribution in [3.05, 3.63) is 137 Å². The molecule has 0 amide bonds. The van der Waals surface area contributed by atoms with Gasteiger partial charge in [-0.25, -0.2) is 4.98 Å². The number of aromatic nitrogens is 1. The lowest BCUT2D eigenvalue weighted by Gasteiger charge is -2.27. The van der Waals surface area contributed by atoms with E-state index in [1.54, 1.807) is 6.21 Å². The van der Waals surface area contributed by atoms with E-state index in [9.17, 15) is 5.11 Å². The third-order valence-electron chi connectivity index (χ3n) is 10.2. The number of fused-ring (bicyclic) bond motifs is 2. The topological polar surface area (TPSA) is 58.6 Å². The summed E-state index contributed by atoms with van der Waals surface area (Å²) in [6, 6.07) is 38.3. The van der Waals surface area contributed by atoms with E-state index in [0.717, 1.165) is 55.4 Å². The maximum Gasteiger partial charge on any atom is 0.229 e. The molecule has 0 saturated carbocycles. The summed E-state index contributed by atoms with van der Waals surface area (Å²) in [6.07, 6.45) is 1.80. The molecule has 0 saturated heterocycles. The minimum atomic E-state index is -0.249. The third kappa shape index (κ3) is 7.15. The SMILES string of the molecule is Cc1ccc(-c2ccc(-c3cc(C(C)(C)C)cc4oc(-c5ccc6ccccc6c5N=Cc5cc(C(C)(C)C)cc(C(C)(C)C)c5O)nc34)cc2)cc1. The van der Waals surface area contributed by atoms with E-state index in [2.05, 4.69) is 160 Å². The highest BCUT2D eigenvalue weighted by Gasteiger charge is 2.26. The highest BCUT2D eigenvalue weighted by Crippen LogP contribution is 2.42.